The lowest BCUT2D eigenvalue weighted by Crippen LogP contribution is -2.61. The fraction of sp³-hybridized carbons (Fsp3) is 1.00. The van der Waals surface area contributed by atoms with Crippen molar-refractivity contribution in [2.75, 3.05) is 46.5 Å². The third-order valence-corrected chi connectivity index (χ3v) is 4.62. The Morgan fingerprint density at radius 1 is 1.29 bits per heavy atom. The van der Waals surface area contributed by atoms with E-state index in [9.17, 15) is 8.42 Å². The summed E-state index contributed by atoms with van der Waals surface area (Å²) in [5, 5.41) is 6.38. The van der Waals surface area contributed by atoms with Crippen LogP contribution in [0.3, 0.4) is 0 Å². The van der Waals surface area contributed by atoms with Crippen LogP contribution in [0.1, 0.15) is 13.8 Å². The van der Waals surface area contributed by atoms with Crippen molar-refractivity contribution in [2.24, 2.45) is 0 Å². The van der Waals surface area contributed by atoms with Crippen molar-refractivity contribution in [1.82, 2.24) is 19.4 Å². The van der Waals surface area contributed by atoms with E-state index in [0.29, 0.717) is 13.1 Å². The molecule has 1 heterocycles. The molecule has 1 rings (SSSR count). The van der Waals surface area contributed by atoms with E-state index >= 15 is 0 Å². The highest BCUT2D eigenvalue weighted by Gasteiger charge is 2.31. The van der Waals surface area contributed by atoms with Gasteiger partial charge in [-0.15, -0.1) is 0 Å². The number of sulfonamides is 1. The molecular formula is C10H24N4O2S. The summed E-state index contributed by atoms with van der Waals surface area (Å²) >= 11 is 0. The number of hydrazine groups is 2. The SMILES string of the molecule is CCN(C)N(C)N1CCN(S(C)(=O)=O)C[C@H]1C. The van der Waals surface area contributed by atoms with Crippen LogP contribution in [0.5, 0.6) is 0 Å². The summed E-state index contributed by atoms with van der Waals surface area (Å²) in [5.41, 5.74) is 0. The minimum Gasteiger partial charge on any atom is -0.232 e. The quantitative estimate of drug-likeness (QED) is 0.651. The van der Waals surface area contributed by atoms with E-state index in [-0.39, 0.29) is 6.04 Å². The first-order chi connectivity index (χ1) is 7.77. The van der Waals surface area contributed by atoms with Gasteiger partial charge in [-0.3, -0.25) is 0 Å². The second-order valence-corrected chi connectivity index (χ2v) is 6.58. The predicted octanol–water partition coefficient (Wildman–Crippen LogP) is -0.334. The van der Waals surface area contributed by atoms with Crippen molar-refractivity contribution in [2.45, 2.75) is 19.9 Å². The zero-order valence-corrected chi connectivity index (χ0v) is 12.2. The highest BCUT2D eigenvalue weighted by molar-refractivity contribution is 7.88. The summed E-state index contributed by atoms with van der Waals surface area (Å²) in [4.78, 5) is 0. The van der Waals surface area contributed by atoms with Crippen LogP contribution in [-0.4, -0.2) is 80.4 Å². The van der Waals surface area contributed by atoms with E-state index in [1.807, 2.05) is 14.1 Å². The molecule has 0 aromatic heterocycles. The van der Waals surface area contributed by atoms with Crippen molar-refractivity contribution in [1.29, 1.82) is 0 Å². The molecule has 1 fully saturated rings. The highest BCUT2D eigenvalue weighted by atomic mass is 32.2. The Hall–Kier alpha value is -0.210. The Bertz CT molecular complexity index is 346. The molecule has 0 bridgehead atoms. The fourth-order valence-corrected chi connectivity index (χ4v) is 2.95. The van der Waals surface area contributed by atoms with Crippen LogP contribution in [-0.2, 0) is 10.0 Å². The Morgan fingerprint density at radius 2 is 1.88 bits per heavy atom. The van der Waals surface area contributed by atoms with Crippen LogP contribution in [0.2, 0.25) is 0 Å². The van der Waals surface area contributed by atoms with Crippen molar-refractivity contribution in [3.63, 3.8) is 0 Å². The van der Waals surface area contributed by atoms with Gasteiger partial charge in [0.25, 0.3) is 0 Å². The average molecular weight is 264 g/mol. The van der Waals surface area contributed by atoms with Crippen LogP contribution in [0.25, 0.3) is 0 Å². The molecule has 0 aromatic carbocycles. The molecule has 0 amide bonds. The first kappa shape index (κ1) is 14.8. The molecule has 102 valence electrons. The standard InChI is InChI=1S/C10H24N4O2S/c1-6-11(3)12(4)14-8-7-13(9-10(14)2)17(5,15)16/h10H,6-9H2,1-5H3/t10-/m1/s1. The molecule has 17 heavy (non-hydrogen) atoms. The Kier molecular flexibility index (Phi) is 4.91. The zero-order chi connectivity index (χ0) is 13.2. The molecule has 0 radical (unpaired) electrons. The lowest BCUT2D eigenvalue weighted by atomic mass is 10.2. The van der Waals surface area contributed by atoms with E-state index in [4.69, 9.17) is 0 Å². The summed E-state index contributed by atoms with van der Waals surface area (Å²) < 4.78 is 24.5. The zero-order valence-electron chi connectivity index (χ0n) is 11.4. The molecule has 0 saturated carbocycles. The normalized spacial score (nSPS) is 24.8. The monoisotopic (exact) mass is 264 g/mol. The van der Waals surface area contributed by atoms with Crippen molar-refractivity contribution < 1.29 is 8.42 Å². The molecule has 1 saturated heterocycles. The number of hydrogen-bond donors (Lipinski definition) is 0. The summed E-state index contributed by atoms with van der Waals surface area (Å²) in [5.74, 6) is 0. The predicted molar refractivity (Wildman–Crippen MR) is 68.7 cm³/mol. The van der Waals surface area contributed by atoms with Crippen LogP contribution in [0.4, 0.5) is 0 Å². The number of hydrogen-bond acceptors (Lipinski definition) is 5. The van der Waals surface area contributed by atoms with Gasteiger partial charge in [0.05, 0.1) is 6.26 Å². The lowest BCUT2D eigenvalue weighted by molar-refractivity contribution is -0.181. The van der Waals surface area contributed by atoms with Gasteiger partial charge in [-0.1, -0.05) is 6.92 Å². The molecule has 0 N–H and O–H groups in total. The second kappa shape index (κ2) is 5.62. The summed E-state index contributed by atoms with van der Waals surface area (Å²) in [6.07, 6.45) is 1.28. The Labute approximate surface area is 105 Å². The van der Waals surface area contributed by atoms with Crippen LogP contribution in [0, 0.1) is 0 Å². The van der Waals surface area contributed by atoms with Crippen LogP contribution in [0.15, 0.2) is 0 Å². The van der Waals surface area contributed by atoms with Gasteiger partial charge < -0.3 is 0 Å². The van der Waals surface area contributed by atoms with Crippen molar-refractivity contribution in [3.8, 4) is 0 Å². The molecule has 1 aliphatic heterocycles. The Morgan fingerprint density at radius 3 is 2.29 bits per heavy atom. The van der Waals surface area contributed by atoms with Gasteiger partial charge in [0.15, 0.2) is 0 Å². The molecule has 7 heteroatoms. The van der Waals surface area contributed by atoms with Crippen LogP contribution >= 0.6 is 0 Å². The van der Waals surface area contributed by atoms with Gasteiger partial charge in [-0.05, 0) is 6.92 Å². The maximum Gasteiger partial charge on any atom is 0.211 e. The van der Waals surface area contributed by atoms with E-state index in [0.717, 1.165) is 13.1 Å². The highest BCUT2D eigenvalue weighted by Crippen LogP contribution is 2.14. The summed E-state index contributed by atoms with van der Waals surface area (Å²) in [6.45, 7) is 6.92. The number of piperazine rings is 1. The molecule has 0 aliphatic carbocycles. The molecule has 0 aromatic rings. The van der Waals surface area contributed by atoms with Gasteiger partial charge >= 0.3 is 0 Å². The molecule has 0 unspecified atom stereocenters. The summed E-state index contributed by atoms with van der Waals surface area (Å²) in [7, 11) is 0.974. The molecule has 1 aliphatic rings. The third kappa shape index (κ3) is 3.62. The van der Waals surface area contributed by atoms with Crippen LogP contribution < -0.4 is 0 Å². The Balaban J connectivity index is 2.65. The van der Waals surface area contributed by atoms with Gasteiger partial charge in [0.2, 0.25) is 10.0 Å². The van der Waals surface area contributed by atoms with Gasteiger partial charge in [-0.2, -0.15) is 9.42 Å². The number of nitrogens with zero attached hydrogens (tertiary/aromatic N) is 4. The first-order valence-electron chi connectivity index (χ1n) is 5.93. The largest absolute Gasteiger partial charge is 0.232 e. The minimum absolute atomic E-state index is 0.192. The van der Waals surface area contributed by atoms with E-state index in [1.54, 1.807) is 4.31 Å². The van der Waals surface area contributed by atoms with Gasteiger partial charge in [0, 0.05) is 46.3 Å². The van der Waals surface area contributed by atoms with Crippen molar-refractivity contribution >= 4 is 10.0 Å². The van der Waals surface area contributed by atoms with Gasteiger partial charge in [0.1, 0.15) is 0 Å². The summed E-state index contributed by atoms with van der Waals surface area (Å²) in [6, 6.07) is 0.192. The maximum absolute atomic E-state index is 11.5. The molecule has 1 atom stereocenters. The fourth-order valence-electron chi connectivity index (χ4n) is 2.05. The van der Waals surface area contributed by atoms with Gasteiger partial charge in [-0.25, -0.2) is 18.4 Å². The van der Waals surface area contributed by atoms with Crippen molar-refractivity contribution in [3.05, 3.63) is 0 Å². The minimum atomic E-state index is -3.06. The first-order valence-corrected chi connectivity index (χ1v) is 7.78. The third-order valence-electron chi connectivity index (χ3n) is 3.35. The average Bonchev–Trinajstić information content (AvgIpc) is 2.25. The van der Waals surface area contributed by atoms with E-state index < -0.39 is 10.0 Å². The smallest absolute Gasteiger partial charge is 0.211 e. The molecular weight excluding hydrogens is 240 g/mol. The lowest BCUT2D eigenvalue weighted by Gasteiger charge is -2.45. The molecule has 0 spiro atoms. The molecule has 6 nitrogen and oxygen atoms in total. The number of rotatable bonds is 4. The maximum atomic E-state index is 11.5. The van der Waals surface area contributed by atoms with E-state index in [2.05, 4.69) is 29.0 Å². The second-order valence-electron chi connectivity index (χ2n) is 4.60. The topological polar surface area (TPSA) is 47.1 Å². The van der Waals surface area contributed by atoms with E-state index in [1.165, 1.54) is 6.26 Å².